The lowest BCUT2D eigenvalue weighted by Gasteiger charge is -2.16. The van der Waals surface area contributed by atoms with Gasteiger partial charge in [-0.1, -0.05) is 30.3 Å². The van der Waals surface area contributed by atoms with Gasteiger partial charge in [0.2, 0.25) is 0 Å². The van der Waals surface area contributed by atoms with Crippen LogP contribution in [0.4, 0.5) is 4.79 Å². The third-order valence-electron chi connectivity index (χ3n) is 3.46. The monoisotopic (exact) mass is 241 g/mol. The summed E-state index contributed by atoms with van der Waals surface area (Å²) in [6.07, 6.45) is 5.91. The Kier molecular flexibility index (Phi) is 2.84. The van der Waals surface area contributed by atoms with E-state index in [9.17, 15) is 4.79 Å². The lowest BCUT2D eigenvalue weighted by Crippen LogP contribution is -2.31. The van der Waals surface area contributed by atoms with Crippen molar-refractivity contribution < 1.29 is 4.79 Å². The van der Waals surface area contributed by atoms with Crippen LogP contribution < -0.4 is 0 Å². The Bertz CT molecular complexity index is 521. The molecule has 92 valence electrons. The molecule has 0 saturated carbocycles. The van der Waals surface area contributed by atoms with Crippen molar-refractivity contribution in [3.63, 3.8) is 0 Å². The Morgan fingerprint density at radius 3 is 2.83 bits per heavy atom. The predicted molar refractivity (Wildman–Crippen MR) is 68.4 cm³/mol. The van der Waals surface area contributed by atoms with Gasteiger partial charge in [-0.25, -0.2) is 9.78 Å². The van der Waals surface area contributed by atoms with Crippen LogP contribution in [-0.4, -0.2) is 33.6 Å². The summed E-state index contributed by atoms with van der Waals surface area (Å²) in [5.41, 5.74) is 1.32. The molecule has 3 rings (SSSR count). The maximum Gasteiger partial charge on any atom is 0.329 e. The van der Waals surface area contributed by atoms with E-state index in [1.165, 1.54) is 10.1 Å². The maximum atomic E-state index is 12.1. The van der Waals surface area contributed by atoms with E-state index in [1.807, 2.05) is 11.0 Å². The molecule has 0 aliphatic carbocycles. The molecule has 1 amide bonds. The van der Waals surface area contributed by atoms with Gasteiger partial charge in [0.1, 0.15) is 6.33 Å². The number of aromatic nitrogens is 2. The number of hydrogen-bond acceptors (Lipinski definition) is 2. The fraction of sp³-hybridized carbons (Fsp3) is 0.286. The van der Waals surface area contributed by atoms with Crippen LogP contribution in [0.15, 0.2) is 49.1 Å². The summed E-state index contributed by atoms with van der Waals surface area (Å²) in [5, 5.41) is 0. The standard InChI is InChI=1S/C14H15N3O/c18-14(17-9-7-15-11-17)16-8-6-13(10-16)12-4-2-1-3-5-12/h1-5,7,9,11,13H,6,8,10H2. The van der Waals surface area contributed by atoms with Gasteiger partial charge < -0.3 is 4.90 Å². The Hall–Kier alpha value is -2.10. The summed E-state index contributed by atoms with van der Waals surface area (Å²) in [7, 11) is 0. The zero-order valence-electron chi connectivity index (χ0n) is 10.1. The number of hydrogen-bond donors (Lipinski definition) is 0. The summed E-state index contributed by atoms with van der Waals surface area (Å²) in [6, 6.07) is 10.4. The normalized spacial score (nSPS) is 19.1. The molecule has 0 bridgehead atoms. The van der Waals surface area contributed by atoms with E-state index in [-0.39, 0.29) is 6.03 Å². The Balaban J connectivity index is 1.71. The highest BCUT2D eigenvalue weighted by Crippen LogP contribution is 2.27. The first-order chi connectivity index (χ1) is 8.84. The number of carbonyl (C=O) groups excluding carboxylic acids is 1. The van der Waals surface area contributed by atoms with Gasteiger partial charge in [-0.15, -0.1) is 0 Å². The number of carbonyl (C=O) groups is 1. The van der Waals surface area contributed by atoms with Crippen LogP contribution >= 0.6 is 0 Å². The first-order valence-corrected chi connectivity index (χ1v) is 6.17. The number of imidazole rings is 1. The van der Waals surface area contributed by atoms with Gasteiger partial charge in [0.15, 0.2) is 0 Å². The van der Waals surface area contributed by atoms with Crippen molar-refractivity contribution in [1.29, 1.82) is 0 Å². The molecular weight excluding hydrogens is 226 g/mol. The van der Waals surface area contributed by atoms with E-state index in [4.69, 9.17) is 0 Å². The minimum Gasteiger partial charge on any atom is -0.323 e. The smallest absolute Gasteiger partial charge is 0.323 e. The predicted octanol–water partition coefficient (Wildman–Crippen LogP) is 2.34. The Morgan fingerprint density at radius 2 is 2.11 bits per heavy atom. The number of benzene rings is 1. The second kappa shape index (κ2) is 4.64. The molecule has 1 aliphatic rings. The van der Waals surface area contributed by atoms with Crippen LogP contribution in [0.5, 0.6) is 0 Å². The third kappa shape index (κ3) is 2.01. The molecule has 18 heavy (non-hydrogen) atoms. The summed E-state index contributed by atoms with van der Waals surface area (Å²) in [6.45, 7) is 1.61. The average molecular weight is 241 g/mol. The molecule has 0 radical (unpaired) electrons. The van der Waals surface area contributed by atoms with Gasteiger partial charge in [0.25, 0.3) is 0 Å². The number of likely N-dealkylation sites (tertiary alicyclic amines) is 1. The molecule has 2 aromatic rings. The van der Waals surface area contributed by atoms with Gasteiger partial charge in [-0.3, -0.25) is 4.57 Å². The maximum absolute atomic E-state index is 12.1. The highest BCUT2D eigenvalue weighted by molar-refractivity contribution is 5.77. The van der Waals surface area contributed by atoms with E-state index < -0.39 is 0 Å². The lowest BCUT2D eigenvalue weighted by molar-refractivity contribution is 0.210. The second-order valence-electron chi connectivity index (χ2n) is 4.59. The van der Waals surface area contributed by atoms with Crippen LogP contribution in [0.25, 0.3) is 0 Å². The molecule has 1 fully saturated rings. The Labute approximate surface area is 106 Å². The molecule has 0 N–H and O–H groups in total. The quantitative estimate of drug-likeness (QED) is 0.768. The molecule has 1 aromatic heterocycles. The molecule has 2 heterocycles. The minimum atomic E-state index is 0.0194. The SMILES string of the molecule is O=C(N1CCC(c2ccccc2)C1)n1ccnc1. The van der Waals surface area contributed by atoms with Crippen molar-refractivity contribution in [2.75, 3.05) is 13.1 Å². The number of amides is 1. The second-order valence-corrected chi connectivity index (χ2v) is 4.59. The molecule has 4 nitrogen and oxygen atoms in total. The van der Waals surface area contributed by atoms with Crippen molar-refractivity contribution in [2.24, 2.45) is 0 Å². The fourth-order valence-corrected chi connectivity index (χ4v) is 2.47. The summed E-state index contributed by atoms with van der Waals surface area (Å²) in [5.74, 6) is 0.457. The van der Waals surface area contributed by atoms with Crippen LogP contribution in [-0.2, 0) is 0 Å². The van der Waals surface area contributed by atoms with Gasteiger partial charge >= 0.3 is 6.03 Å². The van der Waals surface area contributed by atoms with Gasteiger partial charge in [-0.2, -0.15) is 0 Å². The third-order valence-corrected chi connectivity index (χ3v) is 3.46. The molecule has 1 saturated heterocycles. The van der Waals surface area contributed by atoms with Crippen LogP contribution in [0.3, 0.4) is 0 Å². The molecule has 1 aromatic carbocycles. The lowest BCUT2D eigenvalue weighted by atomic mass is 9.99. The topological polar surface area (TPSA) is 38.1 Å². The largest absolute Gasteiger partial charge is 0.329 e. The van der Waals surface area contributed by atoms with Crippen molar-refractivity contribution >= 4 is 6.03 Å². The molecular formula is C14H15N3O. The van der Waals surface area contributed by atoms with Crippen LogP contribution in [0.2, 0.25) is 0 Å². The summed E-state index contributed by atoms with van der Waals surface area (Å²) in [4.78, 5) is 17.9. The van der Waals surface area contributed by atoms with Gasteiger partial charge in [0.05, 0.1) is 0 Å². The first kappa shape index (κ1) is 11.0. The zero-order chi connectivity index (χ0) is 12.4. The van der Waals surface area contributed by atoms with E-state index in [0.29, 0.717) is 5.92 Å². The number of nitrogens with zero attached hydrogens (tertiary/aromatic N) is 3. The molecule has 1 atom stereocenters. The van der Waals surface area contributed by atoms with Crippen LogP contribution in [0, 0.1) is 0 Å². The van der Waals surface area contributed by atoms with E-state index in [2.05, 4.69) is 29.2 Å². The van der Waals surface area contributed by atoms with Crippen molar-refractivity contribution in [1.82, 2.24) is 14.5 Å². The van der Waals surface area contributed by atoms with E-state index >= 15 is 0 Å². The van der Waals surface area contributed by atoms with E-state index in [0.717, 1.165) is 19.5 Å². The minimum absolute atomic E-state index is 0.0194. The first-order valence-electron chi connectivity index (χ1n) is 6.17. The van der Waals surface area contributed by atoms with Crippen LogP contribution in [0.1, 0.15) is 17.9 Å². The molecule has 1 aliphatic heterocycles. The van der Waals surface area contributed by atoms with Crippen molar-refractivity contribution in [3.8, 4) is 0 Å². The van der Waals surface area contributed by atoms with Gasteiger partial charge in [-0.05, 0) is 12.0 Å². The summed E-state index contributed by atoms with van der Waals surface area (Å²) >= 11 is 0. The van der Waals surface area contributed by atoms with Crippen molar-refractivity contribution in [3.05, 3.63) is 54.6 Å². The fourth-order valence-electron chi connectivity index (χ4n) is 2.47. The molecule has 1 unspecified atom stereocenters. The number of rotatable bonds is 1. The summed E-state index contributed by atoms with van der Waals surface area (Å²) < 4.78 is 1.54. The van der Waals surface area contributed by atoms with E-state index in [1.54, 1.807) is 18.7 Å². The highest BCUT2D eigenvalue weighted by atomic mass is 16.2. The Morgan fingerprint density at radius 1 is 1.28 bits per heavy atom. The van der Waals surface area contributed by atoms with Crippen molar-refractivity contribution in [2.45, 2.75) is 12.3 Å². The molecule has 0 spiro atoms. The average Bonchev–Trinajstić information content (AvgIpc) is 3.10. The zero-order valence-corrected chi connectivity index (χ0v) is 10.1. The highest BCUT2D eigenvalue weighted by Gasteiger charge is 2.27. The van der Waals surface area contributed by atoms with Gasteiger partial charge in [0, 0.05) is 31.4 Å². The molecule has 4 heteroatoms.